The summed E-state index contributed by atoms with van der Waals surface area (Å²) in [6.45, 7) is 8.24. The first kappa shape index (κ1) is 22.2. The maximum atomic E-state index is 4.48. The first-order chi connectivity index (χ1) is 12.3. The van der Waals surface area contributed by atoms with Crippen molar-refractivity contribution < 1.29 is 0 Å². The normalized spacial score (nSPS) is 27.3. The molecule has 152 valence electrons. The van der Waals surface area contributed by atoms with E-state index in [9.17, 15) is 0 Å². The Labute approximate surface area is 177 Å². The minimum Gasteiger partial charge on any atom is -0.355 e. The van der Waals surface area contributed by atoms with Crippen molar-refractivity contribution >= 4 is 29.9 Å². The summed E-state index contributed by atoms with van der Waals surface area (Å²) in [5.74, 6) is 1.00. The highest BCUT2D eigenvalue weighted by Gasteiger charge is 2.27. The van der Waals surface area contributed by atoms with E-state index < -0.39 is 0 Å². The number of piperidine rings is 2. The zero-order chi connectivity index (χ0) is 17.5. The number of nitrogens with zero attached hydrogens (tertiary/aromatic N) is 3. The number of halogens is 1. The molecular formula is C20H40IN5. The van der Waals surface area contributed by atoms with E-state index in [1.807, 2.05) is 7.05 Å². The molecule has 1 atom stereocenters. The van der Waals surface area contributed by atoms with Crippen molar-refractivity contribution in [1.29, 1.82) is 0 Å². The molecule has 0 aromatic carbocycles. The van der Waals surface area contributed by atoms with E-state index in [4.69, 9.17) is 0 Å². The lowest BCUT2D eigenvalue weighted by molar-refractivity contribution is 0.149. The summed E-state index contributed by atoms with van der Waals surface area (Å²) in [5.41, 5.74) is 0. The highest BCUT2D eigenvalue weighted by atomic mass is 127. The van der Waals surface area contributed by atoms with Crippen LogP contribution in [0.3, 0.4) is 0 Å². The maximum absolute atomic E-state index is 4.48. The second kappa shape index (κ2) is 11.7. The van der Waals surface area contributed by atoms with Crippen LogP contribution in [0.2, 0.25) is 0 Å². The molecular weight excluding hydrogens is 437 g/mol. The zero-order valence-electron chi connectivity index (χ0n) is 16.9. The Hall–Kier alpha value is -0.0800. The van der Waals surface area contributed by atoms with Crippen LogP contribution in [0.4, 0.5) is 0 Å². The fourth-order valence-electron chi connectivity index (χ4n) is 4.99. The van der Waals surface area contributed by atoms with Gasteiger partial charge < -0.3 is 15.5 Å². The van der Waals surface area contributed by atoms with Gasteiger partial charge in [0.25, 0.3) is 0 Å². The monoisotopic (exact) mass is 477 g/mol. The first-order valence-electron chi connectivity index (χ1n) is 10.8. The number of likely N-dealkylation sites (tertiary alicyclic amines) is 2. The minimum absolute atomic E-state index is 0. The van der Waals surface area contributed by atoms with Gasteiger partial charge in [-0.2, -0.15) is 0 Å². The molecule has 0 spiro atoms. The van der Waals surface area contributed by atoms with Gasteiger partial charge in [-0.05, 0) is 51.6 Å². The van der Waals surface area contributed by atoms with Crippen molar-refractivity contribution in [3.05, 3.63) is 0 Å². The van der Waals surface area contributed by atoms with Crippen LogP contribution in [-0.4, -0.2) is 73.7 Å². The van der Waals surface area contributed by atoms with Crippen molar-refractivity contribution in [1.82, 2.24) is 20.4 Å². The molecule has 2 aliphatic heterocycles. The maximum Gasteiger partial charge on any atom is 0.191 e. The molecule has 0 radical (unpaired) electrons. The van der Waals surface area contributed by atoms with E-state index in [0.717, 1.165) is 25.1 Å². The van der Waals surface area contributed by atoms with Crippen molar-refractivity contribution in [3.63, 3.8) is 0 Å². The van der Waals surface area contributed by atoms with Crippen LogP contribution >= 0.6 is 24.0 Å². The molecule has 0 aromatic heterocycles. The van der Waals surface area contributed by atoms with Gasteiger partial charge in [0, 0.05) is 44.8 Å². The Morgan fingerprint density at radius 3 is 2.31 bits per heavy atom. The Balaban J connectivity index is 0.00000243. The third-order valence-electron chi connectivity index (χ3n) is 6.60. The van der Waals surface area contributed by atoms with Crippen LogP contribution < -0.4 is 10.6 Å². The topological polar surface area (TPSA) is 42.9 Å². The zero-order valence-corrected chi connectivity index (χ0v) is 19.2. The number of likely N-dealkylation sites (N-methyl/N-ethyl adjacent to an activating group) is 1. The molecule has 2 heterocycles. The predicted molar refractivity (Wildman–Crippen MR) is 122 cm³/mol. The third kappa shape index (κ3) is 6.23. The molecule has 3 aliphatic rings. The lowest BCUT2D eigenvalue weighted by Gasteiger charge is -2.37. The molecule has 0 amide bonds. The van der Waals surface area contributed by atoms with E-state index >= 15 is 0 Å². The minimum atomic E-state index is 0. The lowest BCUT2D eigenvalue weighted by Crippen LogP contribution is -2.53. The lowest BCUT2D eigenvalue weighted by atomic mass is 10.0. The number of hydrogen-bond acceptors (Lipinski definition) is 3. The summed E-state index contributed by atoms with van der Waals surface area (Å²) in [6, 6.07) is 2.13. The second-order valence-electron chi connectivity index (χ2n) is 8.12. The van der Waals surface area contributed by atoms with E-state index in [1.165, 1.54) is 77.4 Å². The average molecular weight is 477 g/mol. The highest BCUT2D eigenvalue weighted by Crippen LogP contribution is 2.26. The molecule has 1 unspecified atom stereocenters. The van der Waals surface area contributed by atoms with E-state index in [-0.39, 0.29) is 24.0 Å². The molecule has 1 saturated carbocycles. The number of rotatable bonds is 5. The first-order valence-corrected chi connectivity index (χ1v) is 10.8. The summed E-state index contributed by atoms with van der Waals surface area (Å²) in [7, 11) is 1.90. The Morgan fingerprint density at radius 2 is 1.65 bits per heavy atom. The SMILES string of the molecule is CCN1CCCCC1CNC(=NC)NC1CCN(C2CCCC2)CC1.I. The summed E-state index contributed by atoms with van der Waals surface area (Å²) in [5, 5.41) is 7.28. The van der Waals surface area contributed by atoms with Crippen molar-refractivity contribution in [2.24, 2.45) is 4.99 Å². The molecule has 26 heavy (non-hydrogen) atoms. The van der Waals surface area contributed by atoms with Gasteiger partial charge in [0.1, 0.15) is 0 Å². The van der Waals surface area contributed by atoms with Crippen LogP contribution in [0.5, 0.6) is 0 Å². The molecule has 3 rings (SSSR count). The van der Waals surface area contributed by atoms with Crippen LogP contribution in [0.1, 0.15) is 64.7 Å². The largest absolute Gasteiger partial charge is 0.355 e. The van der Waals surface area contributed by atoms with E-state index in [0.29, 0.717) is 12.1 Å². The number of nitrogens with one attached hydrogen (secondary N) is 2. The van der Waals surface area contributed by atoms with E-state index in [2.05, 4.69) is 32.3 Å². The standard InChI is InChI=1S/C20H39N5.HI/c1-3-24-13-7-6-10-19(24)16-22-20(21-2)23-17-11-14-25(15-12-17)18-8-4-5-9-18;/h17-19H,3-16H2,1-2H3,(H2,21,22,23);1H. The van der Waals surface area contributed by atoms with Gasteiger partial charge in [0.15, 0.2) is 5.96 Å². The van der Waals surface area contributed by atoms with Gasteiger partial charge in [-0.1, -0.05) is 26.2 Å². The molecule has 5 nitrogen and oxygen atoms in total. The average Bonchev–Trinajstić information content (AvgIpc) is 3.20. The van der Waals surface area contributed by atoms with Gasteiger partial charge in [-0.15, -0.1) is 24.0 Å². The fourth-order valence-corrected chi connectivity index (χ4v) is 4.99. The predicted octanol–water partition coefficient (Wildman–Crippen LogP) is 3.05. The molecule has 0 aromatic rings. The Kier molecular flexibility index (Phi) is 9.99. The summed E-state index contributed by atoms with van der Waals surface area (Å²) in [4.78, 5) is 9.83. The molecule has 3 fully saturated rings. The smallest absolute Gasteiger partial charge is 0.191 e. The van der Waals surface area contributed by atoms with Crippen LogP contribution in [0.15, 0.2) is 4.99 Å². The van der Waals surface area contributed by atoms with E-state index in [1.54, 1.807) is 0 Å². The second-order valence-corrected chi connectivity index (χ2v) is 8.12. The van der Waals surface area contributed by atoms with Crippen molar-refractivity contribution in [3.8, 4) is 0 Å². The van der Waals surface area contributed by atoms with Gasteiger partial charge in [-0.25, -0.2) is 0 Å². The number of hydrogen-bond donors (Lipinski definition) is 2. The quantitative estimate of drug-likeness (QED) is 0.363. The molecule has 1 aliphatic carbocycles. The van der Waals surface area contributed by atoms with Crippen LogP contribution in [0, 0.1) is 0 Å². The van der Waals surface area contributed by atoms with Gasteiger partial charge in [0.2, 0.25) is 0 Å². The summed E-state index contributed by atoms with van der Waals surface area (Å²) < 4.78 is 0. The fraction of sp³-hybridized carbons (Fsp3) is 0.950. The van der Waals surface area contributed by atoms with Gasteiger partial charge in [-0.3, -0.25) is 9.89 Å². The van der Waals surface area contributed by atoms with Crippen LogP contribution in [-0.2, 0) is 0 Å². The molecule has 0 bridgehead atoms. The number of guanidine groups is 1. The van der Waals surface area contributed by atoms with Gasteiger partial charge >= 0.3 is 0 Å². The molecule has 2 N–H and O–H groups in total. The number of aliphatic imine (C=N–C) groups is 1. The van der Waals surface area contributed by atoms with Crippen LogP contribution in [0.25, 0.3) is 0 Å². The Morgan fingerprint density at radius 1 is 0.962 bits per heavy atom. The summed E-state index contributed by atoms with van der Waals surface area (Å²) in [6.07, 6.45) is 12.3. The Bertz CT molecular complexity index is 416. The molecule has 6 heteroatoms. The van der Waals surface area contributed by atoms with Crippen molar-refractivity contribution in [2.75, 3.05) is 39.8 Å². The highest BCUT2D eigenvalue weighted by molar-refractivity contribution is 14.0. The molecule has 2 saturated heterocycles. The third-order valence-corrected chi connectivity index (χ3v) is 6.60. The van der Waals surface area contributed by atoms with Crippen molar-refractivity contribution in [2.45, 2.75) is 82.8 Å². The summed E-state index contributed by atoms with van der Waals surface area (Å²) >= 11 is 0. The van der Waals surface area contributed by atoms with Gasteiger partial charge in [0.05, 0.1) is 0 Å².